The topological polar surface area (TPSA) is 80.1 Å². The molecule has 2 amide bonds. The number of aromatic nitrogens is 3. The molecule has 1 aliphatic rings. The SMILES string of the molecule is CC(=O)N1CC[C@H](c2nn(CCNC(=O)Cc3ccccc3)c3ncccc23)C1. The summed E-state index contributed by atoms with van der Waals surface area (Å²) in [6, 6.07) is 13.6. The van der Waals surface area contributed by atoms with Gasteiger partial charge in [0.05, 0.1) is 18.7 Å². The van der Waals surface area contributed by atoms with Crippen molar-refractivity contribution in [2.75, 3.05) is 19.6 Å². The van der Waals surface area contributed by atoms with Crippen LogP contribution in [0, 0.1) is 0 Å². The Hall–Kier alpha value is -3.22. The minimum atomic E-state index is -0.00580. The number of carbonyl (C=O) groups excluding carboxylic acids is 2. The van der Waals surface area contributed by atoms with Gasteiger partial charge >= 0.3 is 0 Å². The average molecular weight is 391 g/mol. The lowest BCUT2D eigenvalue weighted by molar-refractivity contribution is -0.127. The van der Waals surface area contributed by atoms with Crippen LogP contribution in [-0.2, 0) is 22.6 Å². The Morgan fingerprint density at radius 3 is 2.76 bits per heavy atom. The molecule has 0 spiro atoms. The lowest BCUT2D eigenvalue weighted by atomic mass is 10.0. The Balaban J connectivity index is 1.43. The predicted octanol–water partition coefficient (Wildman–Crippen LogP) is 2.13. The van der Waals surface area contributed by atoms with Crippen LogP contribution in [0.25, 0.3) is 11.0 Å². The van der Waals surface area contributed by atoms with Gasteiger partial charge in [0.1, 0.15) is 0 Å². The molecule has 0 radical (unpaired) electrons. The molecule has 1 atom stereocenters. The molecule has 0 aliphatic carbocycles. The maximum atomic E-state index is 12.2. The summed E-state index contributed by atoms with van der Waals surface area (Å²) in [7, 11) is 0. The number of nitrogens with one attached hydrogen (secondary N) is 1. The maximum Gasteiger partial charge on any atom is 0.224 e. The molecule has 150 valence electrons. The van der Waals surface area contributed by atoms with Gasteiger partial charge in [-0.3, -0.25) is 9.59 Å². The van der Waals surface area contributed by atoms with Crippen LogP contribution in [0.15, 0.2) is 48.7 Å². The quantitative estimate of drug-likeness (QED) is 0.698. The molecule has 1 N–H and O–H groups in total. The Kier molecular flexibility index (Phi) is 5.55. The number of carbonyl (C=O) groups is 2. The summed E-state index contributed by atoms with van der Waals surface area (Å²) < 4.78 is 1.86. The molecule has 7 nitrogen and oxygen atoms in total. The van der Waals surface area contributed by atoms with E-state index in [9.17, 15) is 9.59 Å². The van der Waals surface area contributed by atoms with Crippen molar-refractivity contribution < 1.29 is 9.59 Å². The van der Waals surface area contributed by atoms with Crippen molar-refractivity contribution in [3.63, 3.8) is 0 Å². The highest BCUT2D eigenvalue weighted by Crippen LogP contribution is 2.31. The lowest BCUT2D eigenvalue weighted by Gasteiger charge is -2.12. The van der Waals surface area contributed by atoms with Gasteiger partial charge in [0.2, 0.25) is 11.8 Å². The Morgan fingerprint density at radius 2 is 2.00 bits per heavy atom. The molecular formula is C22H25N5O2. The van der Waals surface area contributed by atoms with Crippen molar-refractivity contribution in [3.05, 3.63) is 59.9 Å². The Morgan fingerprint density at radius 1 is 1.17 bits per heavy atom. The van der Waals surface area contributed by atoms with Crippen LogP contribution >= 0.6 is 0 Å². The van der Waals surface area contributed by atoms with Crippen LogP contribution < -0.4 is 5.32 Å². The smallest absolute Gasteiger partial charge is 0.224 e. The summed E-state index contributed by atoms with van der Waals surface area (Å²) >= 11 is 0. The van der Waals surface area contributed by atoms with Gasteiger partial charge in [-0.05, 0) is 24.1 Å². The van der Waals surface area contributed by atoms with E-state index in [1.54, 1.807) is 13.1 Å². The number of pyridine rings is 1. The van der Waals surface area contributed by atoms with Crippen LogP contribution in [0.4, 0.5) is 0 Å². The molecular weight excluding hydrogens is 366 g/mol. The summed E-state index contributed by atoms with van der Waals surface area (Å²) in [6.07, 6.45) is 3.04. The number of hydrogen-bond acceptors (Lipinski definition) is 4. The molecule has 1 fully saturated rings. The summed E-state index contributed by atoms with van der Waals surface area (Å²) in [5, 5.41) is 8.80. The first-order chi connectivity index (χ1) is 14.1. The number of hydrogen-bond donors (Lipinski definition) is 1. The standard InChI is InChI=1S/C22H25N5O2/c1-16(28)26-12-9-18(15-26)21-19-8-5-10-24-22(19)27(25-21)13-11-23-20(29)14-17-6-3-2-4-7-17/h2-8,10,18H,9,11-15H2,1H3,(H,23,29)/t18-/m0/s1. The minimum Gasteiger partial charge on any atom is -0.354 e. The fourth-order valence-electron chi connectivity index (χ4n) is 3.91. The highest BCUT2D eigenvalue weighted by Gasteiger charge is 2.29. The number of fused-ring (bicyclic) bond motifs is 1. The molecule has 1 saturated heterocycles. The zero-order valence-corrected chi connectivity index (χ0v) is 16.5. The van der Waals surface area contributed by atoms with E-state index in [0.29, 0.717) is 26.1 Å². The van der Waals surface area contributed by atoms with E-state index in [1.807, 2.05) is 52.0 Å². The van der Waals surface area contributed by atoms with E-state index in [-0.39, 0.29) is 17.7 Å². The largest absolute Gasteiger partial charge is 0.354 e. The molecule has 0 saturated carbocycles. The van der Waals surface area contributed by atoms with Crippen molar-refractivity contribution >= 4 is 22.8 Å². The van der Waals surface area contributed by atoms with E-state index in [0.717, 1.165) is 35.3 Å². The monoisotopic (exact) mass is 391 g/mol. The van der Waals surface area contributed by atoms with Gasteiger partial charge in [-0.25, -0.2) is 9.67 Å². The zero-order chi connectivity index (χ0) is 20.2. The second kappa shape index (κ2) is 8.43. The molecule has 0 unspecified atom stereocenters. The van der Waals surface area contributed by atoms with Crippen LogP contribution in [0.2, 0.25) is 0 Å². The molecule has 1 aromatic carbocycles. The van der Waals surface area contributed by atoms with Gasteiger partial charge in [0, 0.05) is 44.1 Å². The summed E-state index contributed by atoms with van der Waals surface area (Å²) in [6.45, 7) is 4.12. The molecule has 3 aromatic rings. The number of amides is 2. The van der Waals surface area contributed by atoms with Crippen LogP contribution in [0.3, 0.4) is 0 Å². The van der Waals surface area contributed by atoms with Crippen LogP contribution in [-0.4, -0.2) is 51.1 Å². The van der Waals surface area contributed by atoms with E-state index >= 15 is 0 Å². The lowest BCUT2D eigenvalue weighted by Crippen LogP contribution is -2.29. The Labute approximate surface area is 169 Å². The van der Waals surface area contributed by atoms with Gasteiger partial charge in [-0.2, -0.15) is 5.10 Å². The van der Waals surface area contributed by atoms with E-state index in [1.165, 1.54) is 0 Å². The Bertz CT molecular complexity index is 1010. The molecule has 3 heterocycles. The zero-order valence-electron chi connectivity index (χ0n) is 16.5. The van der Waals surface area contributed by atoms with Crippen LogP contribution in [0.1, 0.15) is 30.5 Å². The summed E-state index contributed by atoms with van der Waals surface area (Å²) in [5.74, 6) is 0.323. The second-order valence-corrected chi connectivity index (χ2v) is 7.45. The second-order valence-electron chi connectivity index (χ2n) is 7.45. The number of rotatable bonds is 6. The van der Waals surface area contributed by atoms with E-state index in [2.05, 4.69) is 10.3 Å². The van der Waals surface area contributed by atoms with Crippen molar-refractivity contribution in [2.45, 2.75) is 32.2 Å². The maximum absolute atomic E-state index is 12.2. The van der Waals surface area contributed by atoms with Crippen molar-refractivity contribution in [3.8, 4) is 0 Å². The molecule has 2 aromatic heterocycles. The van der Waals surface area contributed by atoms with Gasteiger partial charge < -0.3 is 10.2 Å². The fourth-order valence-corrected chi connectivity index (χ4v) is 3.91. The summed E-state index contributed by atoms with van der Waals surface area (Å²) in [4.78, 5) is 30.2. The van der Waals surface area contributed by atoms with Gasteiger partial charge in [0.15, 0.2) is 5.65 Å². The number of nitrogens with zero attached hydrogens (tertiary/aromatic N) is 4. The van der Waals surface area contributed by atoms with Crippen molar-refractivity contribution in [1.29, 1.82) is 0 Å². The molecule has 1 aliphatic heterocycles. The molecule has 4 rings (SSSR count). The first-order valence-corrected chi connectivity index (χ1v) is 9.99. The third-order valence-corrected chi connectivity index (χ3v) is 5.41. The minimum absolute atomic E-state index is 0.00580. The van der Waals surface area contributed by atoms with E-state index in [4.69, 9.17) is 5.10 Å². The third-order valence-electron chi connectivity index (χ3n) is 5.41. The predicted molar refractivity (Wildman–Crippen MR) is 110 cm³/mol. The normalized spacial score (nSPS) is 16.3. The number of likely N-dealkylation sites (tertiary alicyclic amines) is 1. The third kappa shape index (κ3) is 4.29. The van der Waals surface area contributed by atoms with Gasteiger partial charge in [-0.1, -0.05) is 30.3 Å². The van der Waals surface area contributed by atoms with Crippen LogP contribution in [0.5, 0.6) is 0 Å². The average Bonchev–Trinajstić information content (AvgIpc) is 3.34. The highest BCUT2D eigenvalue weighted by atomic mass is 16.2. The number of benzene rings is 1. The molecule has 29 heavy (non-hydrogen) atoms. The van der Waals surface area contributed by atoms with Crippen molar-refractivity contribution in [2.24, 2.45) is 0 Å². The fraction of sp³-hybridized carbons (Fsp3) is 0.364. The summed E-state index contributed by atoms with van der Waals surface area (Å²) in [5.41, 5.74) is 2.81. The first kappa shape index (κ1) is 19.1. The van der Waals surface area contributed by atoms with Gasteiger partial charge in [-0.15, -0.1) is 0 Å². The molecule has 7 heteroatoms. The first-order valence-electron chi connectivity index (χ1n) is 9.99. The van der Waals surface area contributed by atoms with Crippen molar-refractivity contribution in [1.82, 2.24) is 25.0 Å². The highest BCUT2D eigenvalue weighted by molar-refractivity contribution is 5.80. The van der Waals surface area contributed by atoms with Gasteiger partial charge in [0.25, 0.3) is 0 Å². The molecule has 0 bridgehead atoms. The van der Waals surface area contributed by atoms with E-state index < -0.39 is 0 Å².